The fourth-order valence-corrected chi connectivity index (χ4v) is 4.83. The van der Waals surface area contributed by atoms with Gasteiger partial charge in [-0.1, -0.05) is 24.3 Å². The van der Waals surface area contributed by atoms with Gasteiger partial charge in [-0.05, 0) is 30.2 Å². The van der Waals surface area contributed by atoms with Crippen LogP contribution in [0.1, 0.15) is 22.3 Å². The number of fused-ring (bicyclic) bond motifs is 1. The standard InChI is InChI=1S/C25H33N3O3/c1-19-6-4-5-7-21(19)16-26-10-12-28(13-11-26)25(29)18-27-9-8-20-14-23(30-2)24(31-3)15-22(20)17-27/h4-7,14-15H,8-13,16-18H2,1-3H3/p+2. The summed E-state index contributed by atoms with van der Waals surface area (Å²) in [4.78, 5) is 17.9. The maximum absolute atomic E-state index is 13.0. The van der Waals surface area contributed by atoms with E-state index in [4.69, 9.17) is 9.47 Å². The molecule has 2 heterocycles. The predicted octanol–water partition coefficient (Wildman–Crippen LogP) is -0.119. The second kappa shape index (κ2) is 9.71. The molecule has 6 nitrogen and oxygen atoms in total. The molecule has 2 aliphatic rings. The number of hydrogen-bond donors (Lipinski definition) is 2. The summed E-state index contributed by atoms with van der Waals surface area (Å²) >= 11 is 0. The van der Waals surface area contributed by atoms with Gasteiger partial charge in [0, 0.05) is 17.5 Å². The summed E-state index contributed by atoms with van der Waals surface area (Å²) in [7, 11) is 3.34. The fourth-order valence-electron chi connectivity index (χ4n) is 4.83. The minimum absolute atomic E-state index is 0.286. The lowest BCUT2D eigenvalue weighted by atomic mass is 9.98. The van der Waals surface area contributed by atoms with Crippen LogP contribution in [0.5, 0.6) is 11.5 Å². The molecule has 0 bridgehead atoms. The number of carbonyl (C=O) groups is 1. The molecule has 1 atom stereocenters. The Morgan fingerprint density at radius 1 is 0.968 bits per heavy atom. The van der Waals surface area contributed by atoms with E-state index in [1.54, 1.807) is 19.1 Å². The summed E-state index contributed by atoms with van der Waals surface area (Å²) in [6, 6.07) is 12.8. The average molecular weight is 426 g/mol. The lowest BCUT2D eigenvalue weighted by molar-refractivity contribution is -0.918. The van der Waals surface area contributed by atoms with Crippen molar-refractivity contribution in [3.8, 4) is 11.5 Å². The first kappa shape index (κ1) is 21.7. The zero-order chi connectivity index (χ0) is 21.8. The number of quaternary nitrogens is 2. The SMILES string of the molecule is COc1cc2c(cc1OC)C[NH+](CC(=O)N1CC[NH+](Cc3ccccc3C)CC1)CC2. The fraction of sp³-hybridized carbons (Fsp3) is 0.480. The van der Waals surface area contributed by atoms with Gasteiger partial charge in [-0.3, -0.25) is 4.79 Å². The summed E-state index contributed by atoms with van der Waals surface area (Å²) in [6.07, 6.45) is 0.965. The Morgan fingerprint density at radius 3 is 2.32 bits per heavy atom. The van der Waals surface area contributed by atoms with E-state index in [1.807, 2.05) is 0 Å². The Labute approximate surface area is 185 Å². The number of methoxy groups -OCH3 is 2. The van der Waals surface area contributed by atoms with E-state index in [0.29, 0.717) is 6.54 Å². The van der Waals surface area contributed by atoms with E-state index < -0.39 is 0 Å². The van der Waals surface area contributed by atoms with Gasteiger partial charge < -0.3 is 24.2 Å². The number of amides is 1. The highest BCUT2D eigenvalue weighted by molar-refractivity contribution is 5.77. The Balaban J connectivity index is 1.29. The highest BCUT2D eigenvalue weighted by Crippen LogP contribution is 2.31. The molecular formula is C25H35N3O3+2. The number of aryl methyl sites for hydroxylation is 1. The molecule has 0 radical (unpaired) electrons. The van der Waals surface area contributed by atoms with Crippen LogP contribution in [-0.4, -0.2) is 64.3 Å². The first-order valence-corrected chi connectivity index (χ1v) is 11.3. The van der Waals surface area contributed by atoms with Crippen LogP contribution < -0.4 is 19.3 Å². The zero-order valence-electron chi connectivity index (χ0n) is 19.0. The molecule has 1 amide bonds. The van der Waals surface area contributed by atoms with Gasteiger partial charge in [-0.25, -0.2) is 0 Å². The van der Waals surface area contributed by atoms with Gasteiger partial charge in [0.15, 0.2) is 18.0 Å². The highest BCUT2D eigenvalue weighted by Gasteiger charge is 2.29. The van der Waals surface area contributed by atoms with Gasteiger partial charge in [-0.15, -0.1) is 0 Å². The predicted molar refractivity (Wildman–Crippen MR) is 120 cm³/mol. The van der Waals surface area contributed by atoms with E-state index in [0.717, 1.165) is 63.7 Å². The van der Waals surface area contributed by atoms with E-state index in [1.165, 1.54) is 27.2 Å². The second-order valence-electron chi connectivity index (χ2n) is 8.81. The van der Waals surface area contributed by atoms with Crippen molar-refractivity contribution in [2.45, 2.75) is 26.4 Å². The van der Waals surface area contributed by atoms with Crippen molar-refractivity contribution in [3.63, 3.8) is 0 Å². The number of rotatable bonds is 6. The molecule has 0 aromatic heterocycles. The maximum Gasteiger partial charge on any atom is 0.278 e. The van der Waals surface area contributed by atoms with Gasteiger partial charge in [0.05, 0.1) is 46.9 Å². The van der Waals surface area contributed by atoms with E-state index in [-0.39, 0.29) is 5.91 Å². The third kappa shape index (κ3) is 5.02. The monoisotopic (exact) mass is 425 g/mol. The van der Waals surface area contributed by atoms with Crippen LogP contribution in [-0.2, 0) is 24.3 Å². The lowest BCUT2D eigenvalue weighted by Crippen LogP contribution is -3.14. The Kier molecular flexibility index (Phi) is 6.78. The Bertz CT molecular complexity index is 922. The topological polar surface area (TPSA) is 47.6 Å². The molecule has 4 rings (SSSR count). The van der Waals surface area contributed by atoms with Crippen molar-refractivity contribution in [1.82, 2.24) is 4.90 Å². The smallest absolute Gasteiger partial charge is 0.278 e. The number of piperazine rings is 1. The first-order chi connectivity index (χ1) is 15.1. The molecule has 0 aliphatic carbocycles. The van der Waals surface area contributed by atoms with Crippen molar-refractivity contribution >= 4 is 5.91 Å². The molecule has 0 spiro atoms. The number of nitrogens with one attached hydrogen (secondary N) is 2. The summed E-state index contributed by atoms with van der Waals surface area (Å²) in [5, 5.41) is 0. The number of benzene rings is 2. The van der Waals surface area contributed by atoms with Crippen LogP contribution in [0.25, 0.3) is 0 Å². The number of ether oxygens (including phenoxy) is 2. The molecule has 166 valence electrons. The van der Waals surface area contributed by atoms with Crippen LogP contribution in [0.3, 0.4) is 0 Å². The molecule has 2 aromatic carbocycles. The van der Waals surface area contributed by atoms with Gasteiger partial charge in [0.2, 0.25) is 0 Å². The molecule has 2 aliphatic heterocycles. The molecule has 2 N–H and O–H groups in total. The van der Waals surface area contributed by atoms with Crippen LogP contribution in [0.15, 0.2) is 36.4 Å². The minimum atomic E-state index is 0.286. The van der Waals surface area contributed by atoms with Gasteiger partial charge in [0.25, 0.3) is 5.91 Å². The zero-order valence-corrected chi connectivity index (χ0v) is 19.0. The normalized spacial score (nSPS) is 19.1. The molecule has 1 saturated heterocycles. The second-order valence-corrected chi connectivity index (χ2v) is 8.81. The third-order valence-corrected chi connectivity index (χ3v) is 6.82. The van der Waals surface area contributed by atoms with Crippen molar-refractivity contribution in [3.05, 3.63) is 58.7 Å². The molecule has 1 fully saturated rings. The third-order valence-electron chi connectivity index (χ3n) is 6.82. The highest BCUT2D eigenvalue weighted by atomic mass is 16.5. The number of hydrogen-bond acceptors (Lipinski definition) is 3. The summed E-state index contributed by atoms with van der Waals surface area (Å²) < 4.78 is 10.9. The van der Waals surface area contributed by atoms with Gasteiger partial charge >= 0.3 is 0 Å². The molecule has 31 heavy (non-hydrogen) atoms. The lowest BCUT2D eigenvalue weighted by Gasteiger charge is -2.34. The van der Waals surface area contributed by atoms with Crippen LogP contribution in [0, 0.1) is 6.92 Å². The Hall–Kier alpha value is -2.57. The molecule has 0 saturated carbocycles. The molecular weight excluding hydrogens is 390 g/mol. The average Bonchev–Trinajstić information content (AvgIpc) is 2.80. The number of carbonyl (C=O) groups excluding carboxylic acids is 1. The summed E-state index contributed by atoms with van der Waals surface area (Å²) in [6.45, 7) is 9.40. The van der Waals surface area contributed by atoms with Crippen LogP contribution >= 0.6 is 0 Å². The number of nitrogens with zero attached hydrogens (tertiary/aromatic N) is 1. The van der Waals surface area contributed by atoms with Gasteiger partial charge in [0.1, 0.15) is 13.1 Å². The molecule has 1 unspecified atom stereocenters. The van der Waals surface area contributed by atoms with Crippen molar-refractivity contribution in [1.29, 1.82) is 0 Å². The van der Waals surface area contributed by atoms with E-state index in [9.17, 15) is 4.79 Å². The largest absolute Gasteiger partial charge is 0.493 e. The molecule has 2 aromatic rings. The van der Waals surface area contributed by atoms with Crippen molar-refractivity contribution < 1.29 is 24.1 Å². The van der Waals surface area contributed by atoms with Crippen LogP contribution in [0.2, 0.25) is 0 Å². The maximum atomic E-state index is 13.0. The summed E-state index contributed by atoms with van der Waals surface area (Å²) in [5.41, 5.74) is 5.35. The molecule has 6 heteroatoms. The van der Waals surface area contributed by atoms with Crippen LogP contribution in [0.4, 0.5) is 0 Å². The van der Waals surface area contributed by atoms with E-state index >= 15 is 0 Å². The van der Waals surface area contributed by atoms with Crippen molar-refractivity contribution in [2.24, 2.45) is 0 Å². The first-order valence-electron chi connectivity index (χ1n) is 11.3. The minimum Gasteiger partial charge on any atom is -0.493 e. The quantitative estimate of drug-likeness (QED) is 0.679. The van der Waals surface area contributed by atoms with E-state index in [2.05, 4.69) is 48.2 Å². The Morgan fingerprint density at radius 2 is 1.65 bits per heavy atom. The van der Waals surface area contributed by atoms with Crippen molar-refractivity contribution in [2.75, 3.05) is 53.5 Å². The van der Waals surface area contributed by atoms with Gasteiger partial charge in [-0.2, -0.15) is 0 Å². The summed E-state index contributed by atoms with van der Waals surface area (Å²) in [5.74, 6) is 1.84.